The molecule has 1 saturated carbocycles. The minimum absolute atomic E-state index is 0.788. The van der Waals surface area contributed by atoms with Crippen LogP contribution in [0.25, 0.3) is 0 Å². The Bertz CT molecular complexity index is 443. The van der Waals surface area contributed by atoms with Crippen LogP contribution in [0.1, 0.15) is 33.5 Å². The third-order valence-corrected chi connectivity index (χ3v) is 4.71. The van der Waals surface area contributed by atoms with Gasteiger partial charge in [0.15, 0.2) is 0 Å². The Morgan fingerprint density at radius 2 is 2.19 bits per heavy atom. The maximum absolute atomic E-state index is 4.47. The van der Waals surface area contributed by atoms with E-state index in [0.717, 1.165) is 19.0 Å². The Kier molecular flexibility index (Phi) is 3.04. The topological polar surface area (TPSA) is 24.9 Å². The van der Waals surface area contributed by atoms with E-state index in [1.165, 1.54) is 27.6 Å². The molecule has 0 amide bonds. The van der Waals surface area contributed by atoms with Crippen molar-refractivity contribution in [2.75, 3.05) is 0 Å². The molecule has 0 aliphatic heterocycles. The smallest absolute Gasteiger partial charge is 0.0959 e. The van der Waals surface area contributed by atoms with Crippen LogP contribution in [0.15, 0.2) is 23.7 Å². The highest BCUT2D eigenvalue weighted by atomic mass is 32.1. The van der Waals surface area contributed by atoms with Crippen LogP contribution in [0.4, 0.5) is 0 Å². The third kappa shape index (κ3) is 2.51. The number of hydrogen-bond donors (Lipinski definition) is 1. The van der Waals surface area contributed by atoms with Crippen LogP contribution in [0.5, 0.6) is 0 Å². The van der Waals surface area contributed by atoms with E-state index in [4.69, 9.17) is 0 Å². The van der Waals surface area contributed by atoms with Crippen molar-refractivity contribution >= 4 is 22.7 Å². The zero-order valence-corrected chi connectivity index (χ0v) is 10.6. The summed E-state index contributed by atoms with van der Waals surface area (Å²) < 4.78 is 0. The number of nitrogens with zero attached hydrogens (tertiary/aromatic N) is 1. The molecule has 1 N–H and O–H groups in total. The molecule has 1 aliphatic rings. The van der Waals surface area contributed by atoms with Gasteiger partial charge in [-0.3, -0.25) is 0 Å². The van der Waals surface area contributed by atoms with Crippen molar-refractivity contribution in [3.05, 3.63) is 38.5 Å². The summed E-state index contributed by atoms with van der Waals surface area (Å²) >= 11 is 3.67. The van der Waals surface area contributed by atoms with Gasteiger partial charge in [-0.15, -0.1) is 22.7 Å². The molecule has 3 rings (SSSR count). The van der Waals surface area contributed by atoms with Crippen molar-refractivity contribution in [2.24, 2.45) is 0 Å². The standard InChI is InChI=1S/C12H14N2S2/c1-2-10(15-5-1)6-13-7-11-8-14-12(16-11)9-3-4-9/h1-2,5,8-9,13H,3-4,6-7H2. The molecule has 0 saturated heterocycles. The third-order valence-electron chi connectivity index (χ3n) is 2.68. The van der Waals surface area contributed by atoms with Crippen molar-refractivity contribution in [3.63, 3.8) is 0 Å². The summed E-state index contributed by atoms with van der Waals surface area (Å²) in [7, 11) is 0. The second-order valence-corrected chi connectivity index (χ2v) is 6.30. The van der Waals surface area contributed by atoms with Crippen LogP contribution in [0, 0.1) is 0 Å². The van der Waals surface area contributed by atoms with Crippen LogP contribution < -0.4 is 5.32 Å². The van der Waals surface area contributed by atoms with Gasteiger partial charge in [0.25, 0.3) is 0 Å². The van der Waals surface area contributed by atoms with E-state index >= 15 is 0 Å². The summed E-state index contributed by atoms with van der Waals surface area (Å²) in [4.78, 5) is 7.23. The normalized spacial score (nSPS) is 15.5. The monoisotopic (exact) mass is 250 g/mol. The summed E-state index contributed by atoms with van der Waals surface area (Å²) in [5, 5.41) is 6.92. The molecule has 0 radical (unpaired) electrons. The first-order valence-electron chi connectivity index (χ1n) is 5.59. The van der Waals surface area contributed by atoms with E-state index in [9.17, 15) is 0 Å². The molecule has 0 atom stereocenters. The molecule has 84 valence electrons. The van der Waals surface area contributed by atoms with Gasteiger partial charge in [-0.2, -0.15) is 0 Å². The number of rotatable bonds is 5. The SMILES string of the molecule is c1csc(CNCc2cnc(C3CC3)s2)c1. The first-order chi connectivity index (χ1) is 7.92. The average molecular weight is 250 g/mol. The number of thiazole rings is 1. The Balaban J connectivity index is 1.50. The quantitative estimate of drug-likeness (QED) is 0.880. The fourth-order valence-electron chi connectivity index (χ4n) is 1.65. The largest absolute Gasteiger partial charge is 0.307 e. The van der Waals surface area contributed by atoms with E-state index < -0.39 is 0 Å². The number of thiophene rings is 1. The predicted octanol–water partition coefficient (Wildman–Crippen LogP) is 3.37. The van der Waals surface area contributed by atoms with Crippen molar-refractivity contribution < 1.29 is 0 Å². The van der Waals surface area contributed by atoms with Crippen LogP contribution in [0.2, 0.25) is 0 Å². The second kappa shape index (κ2) is 4.65. The van der Waals surface area contributed by atoms with E-state index in [1.807, 2.05) is 17.5 Å². The summed E-state index contributed by atoms with van der Waals surface area (Å²) in [6, 6.07) is 4.26. The van der Waals surface area contributed by atoms with Gasteiger partial charge in [0, 0.05) is 35.0 Å². The minimum Gasteiger partial charge on any atom is -0.307 e. The van der Waals surface area contributed by atoms with Gasteiger partial charge in [-0.1, -0.05) is 6.07 Å². The van der Waals surface area contributed by atoms with Crippen LogP contribution in [-0.4, -0.2) is 4.98 Å². The van der Waals surface area contributed by atoms with Gasteiger partial charge in [-0.25, -0.2) is 4.98 Å². The highest BCUT2D eigenvalue weighted by Gasteiger charge is 2.26. The molecule has 2 aromatic rings. The molecule has 2 nitrogen and oxygen atoms in total. The van der Waals surface area contributed by atoms with Crippen molar-refractivity contribution in [1.29, 1.82) is 0 Å². The molecule has 0 spiro atoms. The van der Waals surface area contributed by atoms with Gasteiger partial charge in [0.05, 0.1) is 5.01 Å². The van der Waals surface area contributed by atoms with Gasteiger partial charge in [-0.05, 0) is 24.3 Å². The Hall–Kier alpha value is -0.710. The molecular weight excluding hydrogens is 236 g/mol. The van der Waals surface area contributed by atoms with Crippen LogP contribution in [0.3, 0.4) is 0 Å². The number of nitrogens with one attached hydrogen (secondary N) is 1. The fourth-order valence-corrected chi connectivity index (χ4v) is 3.38. The Morgan fingerprint density at radius 3 is 2.94 bits per heavy atom. The van der Waals surface area contributed by atoms with Crippen molar-refractivity contribution in [3.8, 4) is 0 Å². The van der Waals surface area contributed by atoms with Gasteiger partial charge >= 0.3 is 0 Å². The lowest BCUT2D eigenvalue weighted by molar-refractivity contribution is 0.708. The predicted molar refractivity (Wildman–Crippen MR) is 69.0 cm³/mol. The molecule has 0 unspecified atom stereocenters. The highest BCUT2D eigenvalue weighted by molar-refractivity contribution is 7.11. The van der Waals surface area contributed by atoms with E-state index in [-0.39, 0.29) is 0 Å². The molecule has 16 heavy (non-hydrogen) atoms. The lowest BCUT2D eigenvalue weighted by atomic mass is 10.4. The summed E-state index contributed by atoms with van der Waals surface area (Å²) in [6.07, 6.45) is 4.71. The molecular formula is C12H14N2S2. The molecule has 0 aromatic carbocycles. The Labute approximate surface area is 103 Å². The van der Waals surface area contributed by atoms with E-state index in [2.05, 4.69) is 27.8 Å². The zero-order valence-electron chi connectivity index (χ0n) is 8.98. The molecule has 4 heteroatoms. The highest BCUT2D eigenvalue weighted by Crippen LogP contribution is 2.41. The van der Waals surface area contributed by atoms with E-state index in [1.54, 1.807) is 11.3 Å². The number of hydrogen-bond acceptors (Lipinski definition) is 4. The maximum Gasteiger partial charge on any atom is 0.0959 e. The molecule has 1 fully saturated rings. The maximum atomic E-state index is 4.47. The average Bonchev–Trinajstić information content (AvgIpc) is 2.83. The summed E-state index contributed by atoms with van der Waals surface area (Å²) in [5.74, 6) is 0.788. The van der Waals surface area contributed by atoms with E-state index in [0.29, 0.717) is 0 Å². The van der Waals surface area contributed by atoms with Crippen LogP contribution in [-0.2, 0) is 13.1 Å². The van der Waals surface area contributed by atoms with Gasteiger partial charge in [0.2, 0.25) is 0 Å². The van der Waals surface area contributed by atoms with Crippen LogP contribution >= 0.6 is 22.7 Å². The summed E-state index contributed by atoms with van der Waals surface area (Å²) in [5.41, 5.74) is 0. The zero-order chi connectivity index (χ0) is 10.8. The first kappa shape index (κ1) is 10.4. The molecule has 2 heterocycles. The van der Waals surface area contributed by atoms with Gasteiger partial charge in [0.1, 0.15) is 0 Å². The molecule has 1 aliphatic carbocycles. The second-order valence-electron chi connectivity index (χ2n) is 4.12. The van der Waals surface area contributed by atoms with Gasteiger partial charge < -0.3 is 5.32 Å². The first-order valence-corrected chi connectivity index (χ1v) is 7.29. The lowest BCUT2D eigenvalue weighted by Gasteiger charge is -1.99. The lowest BCUT2D eigenvalue weighted by Crippen LogP contribution is -2.10. The number of aromatic nitrogens is 1. The Morgan fingerprint density at radius 1 is 1.31 bits per heavy atom. The minimum atomic E-state index is 0.788. The van der Waals surface area contributed by atoms with Crippen molar-refractivity contribution in [1.82, 2.24) is 10.3 Å². The fraction of sp³-hybridized carbons (Fsp3) is 0.417. The molecule has 0 bridgehead atoms. The summed E-state index contributed by atoms with van der Waals surface area (Å²) in [6.45, 7) is 1.91. The van der Waals surface area contributed by atoms with Crippen molar-refractivity contribution in [2.45, 2.75) is 31.8 Å². The molecule has 2 aromatic heterocycles.